The molecule has 2 atom stereocenters. The molecule has 0 aliphatic rings. The van der Waals surface area contributed by atoms with Gasteiger partial charge in [0.15, 0.2) is 0 Å². The zero-order chi connectivity index (χ0) is 15.2. The fourth-order valence-corrected chi connectivity index (χ4v) is 2.16. The molecule has 4 N–H and O–H groups in total. The van der Waals surface area contributed by atoms with Gasteiger partial charge in [0, 0.05) is 52.4 Å². The summed E-state index contributed by atoms with van der Waals surface area (Å²) in [6, 6.07) is 0. The molecule has 0 fully saturated rings. The summed E-state index contributed by atoms with van der Waals surface area (Å²) in [5, 5.41) is 6.82. The third-order valence-corrected chi connectivity index (χ3v) is 3.94. The van der Waals surface area contributed by atoms with Gasteiger partial charge < -0.3 is 21.3 Å². The van der Waals surface area contributed by atoms with Crippen molar-refractivity contribution < 1.29 is 0 Å². The Labute approximate surface area is 126 Å². The molecule has 0 aromatic rings. The highest BCUT2D eigenvalue weighted by atomic mass is 15.1. The first kappa shape index (κ1) is 19.8. The number of nitrogens with zero attached hydrogens (tertiary/aromatic N) is 1. The molecular weight excluding hydrogens is 248 g/mol. The number of hydrogen-bond acceptors (Lipinski definition) is 4. The molecular formula is C16H38N4. The minimum absolute atomic E-state index is 0.720. The molecule has 20 heavy (non-hydrogen) atoms. The Kier molecular flexibility index (Phi) is 13.7. The van der Waals surface area contributed by atoms with Gasteiger partial charge in [-0.05, 0) is 11.8 Å². The Morgan fingerprint density at radius 1 is 0.850 bits per heavy atom. The molecule has 4 heteroatoms. The number of hydrogen-bond donors (Lipinski definition) is 3. The molecule has 0 aromatic carbocycles. The molecule has 0 bridgehead atoms. The topological polar surface area (TPSA) is 53.3 Å². The van der Waals surface area contributed by atoms with Crippen LogP contribution in [0, 0.1) is 11.8 Å². The second-order valence-corrected chi connectivity index (χ2v) is 6.08. The van der Waals surface area contributed by atoms with Gasteiger partial charge in [0.1, 0.15) is 0 Å². The Balaban J connectivity index is 3.79. The lowest BCUT2D eigenvalue weighted by Gasteiger charge is -2.28. The van der Waals surface area contributed by atoms with Gasteiger partial charge in [-0.1, -0.05) is 40.5 Å². The van der Waals surface area contributed by atoms with E-state index in [-0.39, 0.29) is 0 Å². The van der Waals surface area contributed by atoms with E-state index < -0.39 is 0 Å². The van der Waals surface area contributed by atoms with Crippen molar-refractivity contribution >= 4 is 0 Å². The first-order chi connectivity index (χ1) is 9.63. The van der Waals surface area contributed by atoms with Gasteiger partial charge in [-0.2, -0.15) is 0 Å². The van der Waals surface area contributed by atoms with E-state index >= 15 is 0 Å². The van der Waals surface area contributed by atoms with Crippen molar-refractivity contribution in [3.63, 3.8) is 0 Å². The molecule has 0 aromatic heterocycles. The summed E-state index contributed by atoms with van der Waals surface area (Å²) in [4.78, 5) is 2.63. The maximum Gasteiger partial charge on any atom is 0.0107 e. The average molecular weight is 287 g/mol. The highest BCUT2D eigenvalue weighted by molar-refractivity contribution is 4.67. The molecule has 2 unspecified atom stereocenters. The van der Waals surface area contributed by atoms with Gasteiger partial charge >= 0.3 is 0 Å². The third kappa shape index (κ3) is 11.6. The molecule has 0 saturated carbocycles. The molecule has 122 valence electrons. The van der Waals surface area contributed by atoms with E-state index in [1.54, 1.807) is 0 Å². The maximum absolute atomic E-state index is 5.44. The van der Waals surface area contributed by atoms with Crippen molar-refractivity contribution in [2.45, 2.75) is 40.5 Å². The fourth-order valence-electron chi connectivity index (χ4n) is 2.16. The predicted molar refractivity (Wildman–Crippen MR) is 90.1 cm³/mol. The molecule has 0 aliphatic carbocycles. The smallest absolute Gasteiger partial charge is 0.0107 e. The lowest BCUT2D eigenvalue weighted by atomic mass is 10.1. The van der Waals surface area contributed by atoms with Gasteiger partial charge in [0.2, 0.25) is 0 Å². The average Bonchev–Trinajstić information content (AvgIpc) is 2.45. The fraction of sp³-hybridized carbons (Fsp3) is 1.00. The minimum atomic E-state index is 0.720. The van der Waals surface area contributed by atoms with Gasteiger partial charge in [-0.25, -0.2) is 0 Å². The van der Waals surface area contributed by atoms with Crippen LogP contribution < -0.4 is 16.4 Å². The van der Waals surface area contributed by atoms with E-state index in [0.29, 0.717) is 0 Å². The van der Waals surface area contributed by atoms with E-state index in [2.05, 4.69) is 43.2 Å². The van der Waals surface area contributed by atoms with Crippen LogP contribution in [0.3, 0.4) is 0 Å². The van der Waals surface area contributed by atoms with Gasteiger partial charge in [-0.15, -0.1) is 0 Å². The van der Waals surface area contributed by atoms with Crippen molar-refractivity contribution in [3.8, 4) is 0 Å². The molecule has 0 saturated heterocycles. The van der Waals surface area contributed by atoms with E-state index in [1.165, 1.54) is 25.9 Å². The van der Waals surface area contributed by atoms with Crippen molar-refractivity contribution in [3.05, 3.63) is 0 Å². The van der Waals surface area contributed by atoms with E-state index in [1.807, 2.05) is 0 Å². The van der Waals surface area contributed by atoms with Crippen LogP contribution in [0.25, 0.3) is 0 Å². The van der Waals surface area contributed by atoms with E-state index in [0.717, 1.165) is 51.1 Å². The molecule has 0 heterocycles. The summed E-state index contributed by atoms with van der Waals surface area (Å²) in [7, 11) is 0. The maximum atomic E-state index is 5.44. The van der Waals surface area contributed by atoms with Crippen molar-refractivity contribution in [2.75, 3.05) is 52.4 Å². The standard InChI is InChI=1S/C16H38N4/c1-5-15(3)13-20(14-16(4)6-2)12-11-19-10-9-18-8-7-17/h15-16,18-19H,5-14,17H2,1-4H3. The SMILES string of the molecule is CCC(C)CN(CCNCCNCCN)CC(C)CC. The second-order valence-electron chi connectivity index (χ2n) is 6.08. The van der Waals surface area contributed by atoms with Crippen molar-refractivity contribution in [2.24, 2.45) is 17.6 Å². The van der Waals surface area contributed by atoms with Crippen LogP contribution in [0.4, 0.5) is 0 Å². The summed E-state index contributed by atoms with van der Waals surface area (Å²) < 4.78 is 0. The Bertz CT molecular complexity index is 187. The molecule has 0 aliphatic heterocycles. The highest BCUT2D eigenvalue weighted by Crippen LogP contribution is 2.08. The summed E-state index contributed by atoms with van der Waals surface area (Å²) in [5.41, 5.74) is 5.44. The molecule has 0 amide bonds. The minimum Gasteiger partial charge on any atom is -0.329 e. The second kappa shape index (κ2) is 13.8. The largest absolute Gasteiger partial charge is 0.329 e. The normalized spacial score (nSPS) is 14.7. The van der Waals surface area contributed by atoms with Gasteiger partial charge in [0.05, 0.1) is 0 Å². The number of nitrogens with two attached hydrogens (primary N) is 1. The highest BCUT2D eigenvalue weighted by Gasteiger charge is 2.11. The zero-order valence-corrected chi connectivity index (χ0v) is 14.3. The Hall–Kier alpha value is -0.160. The van der Waals surface area contributed by atoms with Gasteiger partial charge in [-0.3, -0.25) is 0 Å². The lowest BCUT2D eigenvalue weighted by Crippen LogP contribution is -2.39. The van der Waals surface area contributed by atoms with Crippen LogP contribution in [0.1, 0.15) is 40.5 Å². The van der Waals surface area contributed by atoms with E-state index in [4.69, 9.17) is 5.73 Å². The first-order valence-electron chi connectivity index (χ1n) is 8.47. The molecule has 0 spiro atoms. The Morgan fingerprint density at radius 2 is 1.35 bits per heavy atom. The summed E-state index contributed by atoms with van der Waals surface area (Å²) in [5.74, 6) is 1.59. The third-order valence-electron chi connectivity index (χ3n) is 3.94. The monoisotopic (exact) mass is 286 g/mol. The Morgan fingerprint density at radius 3 is 1.80 bits per heavy atom. The van der Waals surface area contributed by atoms with Crippen LogP contribution in [0.5, 0.6) is 0 Å². The summed E-state index contributed by atoms with van der Waals surface area (Å²) >= 11 is 0. The predicted octanol–water partition coefficient (Wildman–Crippen LogP) is 1.52. The van der Waals surface area contributed by atoms with Crippen LogP contribution in [0.2, 0.25) is 0 Å². The van der Waals surface area contributed by atoms with Crippen molar-refractivity contribution in [1.29, 1.82) is 0 Å². The van der Waals surface area contributed by atoms with Crippen molar-refractivity contribution in [1.82, 2.24) is 15.5 Å². The first-order valence-corrected chi connectivity index (χ1v) is 8.47. The quantitative estimate of drug-likeness (QED) is 0.424. The molecule has 0 rings (SSSR count). The van der Waals surface area contributed by atoms with Crippen LogP contribution in [0.15, 0.2) is 0 Å². The summed E-state index contributed by atoms with van der Waals surface area (Å²) in [6.07, 6.45) is 2.54. The number of rotatable bonds is 14. The summed E-state index contributed by atoms with van der Waals surface area (Å²) in [6.45, 7) is 17.6. The zero-order valence-electron chi connectivity index (χ0n) is 14.3. The lowest BCUT2D eigenvalue weighted by molar-refractivity contribution is 0.204. The van der Waals surface area contributed by atoms with Crippen LogP contribution >= 0.6 is 0 Å². The van der Waals surface area contributed by atoms with Crippen LogP contribution in [-0.4, -0.2) is 57.3 Å². The molecule has 0 radical (unpaired) electrons. The van der Waals surface area contributed by atoms with E-state index in [9.17, 15) is 0 Å². The molecule has 4 nitrogen and oxygen atoms in total. The van der Waals surface area contributed by atoms with Gasteiger partial charge in [0.25, 0.3) is 0 Å². The number of nitrogens with one attached hydrogen (secondary N) is 2. The van der Waals surface area contributed by atoms with Crippen LogP contribution in [-0.2, 0) is 0 Å².